The maximum absolute atomic E-state index is 12.7. The molecule has 5 nitrogen and oxygen atoms in total. The van der Waals surface area contributed by atoms with E-state index in [4.69, 9.17) is 4.74 Å². The molecule has 1 aromatic carbocycles. The zero-order valence-corrected chi connectivity index (χ0v) is 13.8. The Morgan fingerprint density at radius 2 is 1.64 bits per heavy atom. The zero-order chi connectivity index (χ0) is 16.3. The van der Waals surface area contributed by atoms with E-state index in [9.17, 15) is 9.59 Å². The lowest BCUT2D eigenvalue weighted by atomic mass is 10.0. The van der Waals surface area contributed by atoms with Crippen LogP contribution in [0.15, 0.2) is 12.1 Å². The van der Waals surface area contributed by atoms with Crippen LogP contribution in [0, 0.1) is 13.8 Å². The third kappa shape index (κ3) is 3.08. The van der Waals surface area contributed by atoms with Crippen LogP contribution >= 0.6 is 0 Å². The number of carbonyl (C=O) groups excluding carboxylic acids is 2. The smallest absolute Gasteiger partial charge is 0.254 e. The van der Waals surface area contributed by atoms with Gasteiger partial charge >= 0.3 is 0 Å². The van der Waals surface area contributed by atoms with E-state index in [-0.39, 0.29) is 11.8 Å². The van der Waals surface area contributed by atoms with Gasteiger partial charge in [-0.15, -0.1) is 0 Å². The van der Waals surface area contributed by atoms with Crippen molar-refractivity contribution in [3.8, 4) is 5.75 Å². The predicted octanol–water partition coefficient (Wildman–Crippen LogP) is 2.01. The van der Waals surface area contributed by atoms with Gasteiger partial charge in [-0.05, 0) is 37.1 Å². The van der Waals surface area contributed by atoms with Gasteiger partial charge in [0.25, 0.3) is 5.91 Å². The zero-order valence-electron chi connectivity index (χ0n) is 13.8. The van der Waals surface area contributed by atoms with Crippen molar-refractivity contribution < 1.29 is 14.3 Å². The highest BCUT2D eigenvalue weighted by Crippen LogP contribution is 2.25. The summed E-state index contributed by atoms with van der Waals surface area (Å²) in [4.78, 5) is 28.0. The maximum Gasteiger partial charge on any atom is 0.254 e. The Hall–Kier alpha value is -2.04. The monoisotopic (exact) mass is 304 g/mol. The largest absolute Gasteiger partial charge is 0.496 e. The highest BCUT2D eigenvalue weighted by Gasteiger charge is 2.25. The third-order valence-corrected chi connectivity index (χ3v) is 4.41. The van der Waals surface area contributed by atoms with Crippen LogP contribution in [-0.4, -0.2) is 54.9 Å². The molecule has 0 aromatic heterocycles. The molecule has 1 heterocycles. The van der Waals surface area contributed by atoms with Crippen molar-refractivity contribution in [3.05, 3.63) is 28.8 Å². The summed E-state index contributed by atoms with van der Waals surface area (Å²) in [7, 11) is 1.63. The van der Waals surface area contributed by atoms with Gasteiger partial charge in [0.15, 0.2) is 0 Å². The lowest BCUT2D eigenvalue weighted by molar-refractivity contribution is -0.132. The number of piperazine rings is 1. The van der Waals surface area contributed by atoms with Gasteiger partial charge < -0.3 is 14.5 Å². The first kappa shape index (κ1) is 16.3. The molecule has 0 saturated carbocycles. The minimum atomic E-state index is 0.0341. The minimum absolute atomic E-state index is 0.0341. The summed E-state index contributed by atoms with van der Waals surface area (Å²) < 4.78 is 5.29. The van der Waals surface area contributed by atoms with E-state index in [1.807, 2.05) is 42.7 Å². The number of carbonyl (C=O) groups is 2. The second kappa shape index (κ2) is 6.81. The van der Waals surface area contributed by atoms with E-state index in [2.05, 4.69) is 0 Å². The number of amides is 2. The molecule has 1 aliphatic rings. The molecule has 2 amide bonds. The molecule has 0 bridgehead atoms. The van der Waals surface area contributed by atoms with Crippen LogP contribution in [0.4, 0.5) is 0 Å². The molecule has 0 atom stereocenters. The summed E-state index contributed by atoms with van der Waals surface area (Å²) >= 11 is 0. The van der Waals surface area contributed by atoms with E-state index in [1.54, 1.807) is 7.11 Å². The lowest BCUT2D eigenvalue weighted by Gasteiger charge is -2.35. The SMILES string of the molecule is CCC(=O)N1CCN(C(=O)c2ccc(OC)c(C)c2C)CC1. The van der Waals surface area contributed by atoms with Crippen LogP contribution in [0.5, 0.6) is 5.75 Å². The molecule has 0 unspecified atom stereocenters. The summed E-state index contributed by atoms with van der Waals surface area (Å²) in [6.07, 6.45) is 0.519. The molecule has 120 valence electrons. The first-order valence-corrected chi connectivity index (χ1v) is 7.70. The highest BCUT2D eigenvalue weighted by molar-refractivity contribution is 5.96. The van der Waals surface area contributed by atoms with Gasteiger partial charge in [0, 0.05) is 38.2 Å². The average molecular weight is 304 g/mol. The second-order valence-corrected chi connectivity index (χ2v) is 5.59. The molecule has 22 heavy (non-hydrogen) atoms. The molecule has 0 spiro atoms. The first-order chi connectivity index (χ1) is 10.5. The fourth-order valence-corrected chi connectivity index (χ4v) is 2.80. The molecular weight excluding hydrogens is 280 g/mol. The number of nitrogens with zero attached hydrogens (tertiary/aromatic N) is 2. The van der Waals surface area contributed by atoms with Crippen molar-refractivity contribution in [2.45, 2.75) is 27.2 Å². The van der Waals surface area contributed by atoms with Gasteiger partial charge in [0.05, 0.1) is 7.11 Å². The predicted molar refractivity (Wildman–Crippen MR) is 85.2 cm³/mol. The van der Waals surface area contributed by atoms with Crippen molar-refractivity contribution in [1.82, 2.24) is 9.80 Å². The highest BCUT2D eigenvalue weighted by atomic mass is 16.5. The Bertz CT molecular complexity index is 576. The first-order valence-electron chi connectivity index (χ1n) is 7.70. The van der Waals surface area contributed by atoms with E-state index >= 15 is 0 Å². The van der Waals surface area contributed by atoms with Gasteiger partial charge in [0.2, 0.25) is 5.91 Å². The molecule has 0 radical (unpaired) electrons. The average Bonchev–Trinajstić information content (AvgIpc) is 2.56. The minimum Gasteiger partial charge on any atom is -0.496 e. The van der Waals surface area contributed by atoms with E-state index < -0.39 is 0 Å². The molecule has 0 aliphatic carbocycles. The summed E-state index contributed by atoms with van der Waals surface area (Å²) in [5, 5.41) is 0. The van der Waals surface area contributed by atoms with Gasteiger partial charge in [-0.1, -0.05) is 6.92 Å². The number of hydrogen-bond acceptors (Lipinski definition) is 3. The fraction of sp³-hybridized carbons (Fsp3) is 0.529. The number of benzene rings is 1. The Kier molecular flexibility index (Phi) is 5.06. The van der Waals surface area contributed by atoms with Gasteiger partial charge in [-0.2, -0.15) is 0 Å². The van der Waals surface area contributed by atoms with Gasteiger partial charge in [0.1, 0.15) is 5.75 Å². The van der Waals surface area contributed by atoms with E-state index in [1.165, 1.54) is 0 Å². The molecule has 0 N–H and O–H groups in total. The molecule has 1 aliphatic heterocycles. The maximum atomic E-state index is 12.7. The van der Waals surface area contributed by atoms with Gasteiger partial charge in [-0.25, -0.2) is 0 Å². The molecule has 1 fully saturated rings. The Morgan fingerprint density at radius 3 is 2.18 bits per heavy atom. The summed E-state index contributed by atoms with van der Waals surface area (Å²) in [6, 6.07) is 3.67. The molecular formula is C17H24N2O3. The van der Waals surface area contributed by atoms with Gasteiger partial charge in [-0.3, -0.25) is 9.59 Å². The van der Waals surface area contributed by atoms with Crippen LogP contribution in [0.3, 0.4) is 0 Å². The quantitative estimate of drug-likeness (QED) is 0.858. The van der Waals surface area contributed by atoms with Crippen LogP contribution in [0.2, 0.25) is 0 Å². The molecule has 5 heteroatoms. The van der Waals surface area contributed by atoms with Crippen LogP contribution in [0.1, 0.15) is 34.8 Å². The third-order valence-electron chi connectivity index (χ3n) is 4.41. The summed E-state index contributed by atoms with van der Waals surface area (Å²) in [5.74, 6) is 0.989. The Labute approximate surface area is 131 Å². The molecule has 1 aromatic rings. The number of hydrogen-bond donors (Lipinski definition) is 0. The second-order valence-electron chi connectivity index (χ2n) is 5.59. The van der Waals surface area contributed by atoms with E-state index in [0.717, 1.165) is 16.9 Å². The van der Waals surface area contributed by atoms with Crippen molar-refractivity contribution in [2.24, 2.45) is 0 Å². The van der Waals surface area contributed by atoms with E-state index in [0.29, 0.717) is 38.2 Å². The topological polar surface area (TPSA) is 49.9 Å². The van der Waals surface area contributed by atoms with Crippen molar-refractivity contribution in [2.75, 3.05) is 33.3 Å². The van der Waals surface area contributed by atoms with Crippen molar-refractivity contribution in [3.63, 3.8) is 0 Å². The fourth-order valence-electron chi connectivity index (χ4n) is 2.80. The number of ether oxygens (including phenoxy) is 1. The summed E-state index contributed by atoms with van der Waals surface area (Å²) in [6.45, 7) is 8.19. The lowest BCUT2D eigenvalue weighted by Crippen LogP contribution is -2.50. The number of rotatable bonds is 3. The standard InChI is InChI=1S/C17H24N2O3/c1-5-16(20)18-8-10-19(11-9-18)17(21)14-6-7-15(22-4)13(3)12(14)2/h6-7H,5,8-11H2,1-4H3. The number of methoxy groups -OCH3 is 1. The molecule has 2 rings (SSSR count). The van der Waals surface area contributed by atoms with Crippen LogP contribution in [0.25, 0.3) is 0 Å². The van der Waals surface area contributed by atoms with Crippen LogP contribution in [-0.2, 0) is 4.79 Å². The Morgan fingerprint density at radius 1 is 1.05 bits per heavy atom. The molecule has 1 saturated heterocycles. The Balaban J connectivity index is 2.11. The normalized spacial score (nSPS) is 14.9. The van der Waals surface area contributed by atoms with Crippen LogP contribution < -0.4 is 4.74 Å². The summed E-state index contributed by atoms with van der Waals surface area (Å²) in [5.41, 5.74) is 2.66. The van der Waals surface area contributed by atoms with Crippen molar-refractivity contribution >= 4 is 11.8 Å². The van der Waals surface area contributed by atoms with Crippen molar-refractivity contribution in [1.29, 1.82) is 0 Å².